The van der Waals surface area contributed by atoms with E-state index in [1.165, 1.54) is 32.4 Å². The minimum atomic E-state index is -3.83. The summed E-state index contributed by atoms with van der Waals surface area (Å²) in [6.07, 6.45) is 3.65. The molecule has 0 saturated carbocycles. The van der Waals surface area contributed by atoms with Gasteiger partial charge in [0.1, 0.15) is 0 Å². The normalized spacial score (nSPS) is 11.9. The van der Waals surface area contributed by atoms with Crippen molar-refractivity contribution in [2.45, 2.75) is 26.1 Å². The minimum absolute atomic E-state index is 0.0559. The van der Waals surface area contributed by atoms with Gasteiger partial charge in [0.25, 0.3) is 5.69 Å². The van der Waals surface area contributed by atoms with Gasteiger partial charge < -0.3 is 38.0 Å². The Labute approximate surface area is 296 Å². The second-order valence-corrected chi connectivity index (χ2v) is 12.9. The molecular weight excluding hydrogens is 679 g/mol. The highest BCUT2D eigenvalue weighted by molar-refractivity contribution is 7.54. The Kier molecular flexibility index (Phi) is 13.6. The zero-order valence-corrected chi connectivity index (χ0v) is 30.1. The number of methoxy groups -OCH3 is 4. The third-order valence-corrected chi connectivity index (χ3v) is 9.80. The van der Waals surface area contributed by atoms with Gasteiger partial charge in [0.2, 0.25) is 5.75 Å². The molecule has 1 unspecified atom stereocenters. The summed E-state index contributed by atoms with van der Waals surface area (Å²) in [5.41, 5.74) is 2.91. The number of hydrogen-bond acceptors (Lipinski definition) is 12. The molecular formula is C37H41N2O11P. The van der Waals surface area contributed by atoms with Crippen LogP contribution >= 0.6 is 7.60 Å². The SMILES string of the molecule is CCOP(=O)(OCC)C(Nc1ccc(CC(=O)Oc2cc(/C=C\c3cc(OC)c(OC)c(OC)c3)ccc2OC)cc1)c1cccc([N+](=O)[O-])c1. The van der Waals surface area contributed by atoms with Crippen LogP contribution in [0, 0.1) is 10.1 Å². The van der Waals surface area contributed by atoms with Gasteiger partial charge in [-0.3, -0.25) is 19.5 Å². The first-order valence-electron chi connectivity index (χ1n) is 15.9. The van der Waals surface area contributed by atoms with Crippen LogP contribution in [0.2, 0.25) is 0 Å². The molecule has 0 aromatic heterocycles. The summed E-state index contributed by atoms with van der Waals surface area (Å²) in [7, 11) is 2.29. The zero-order valence-electron chi connectivity index (χ0n) is 29.2. The maximum Gasteiger partial charge on any atom is 0.357 e. The number of nitro benzene ring substituents is 1. The monoisotopic (exact) mass is 720 g/mol. The molecule has 0 aliphatic carbocycles. The van der Waals surface area contributed by atoms with E-state index in [4.69, 9.17) is 32.7 Å². The number of nitrogens with one attached hydrogen (secondary N) is 1. The molecule has 51 heavy (non-hydrogen) atoms. The highest BCUT2D eigenvalue weighted by atomic mass is 31.2. The molecule has 0 bridgehead atoms. The van der Waals surface area contributed by atoms with E-state index < -0.39 is 24.3 Å². The number of anilines is 1. The Morgan fingerprint density at radius 2 is 1.39 bits per heavy atom. The molecule has 0 fully saturated rings. The molecule has 13 nitrogen and oxygen atoms in total. The Hall–Kier alpha value is -5.36. The molecule has 1 N–H and O–H groups in total. The van der Waals surface area contributed by atoms with E-state index in [2.05, 4.69) is 5.32 Å². The first kappa shape index (κ1) is 38.4. The van der Waals surface area contributed by atoms with Crippen molar-refractivity contribution in [3.8, 4) is 28.7 Å². The molecule has 270 valence electrons. The van der Waals surface area contributed by atoms with Gasteiger partial charge in [-0.15, -0.1) is 0 Å². The molecule has 0 amide bonds. The predicted octanol–water partition coefficient (Wildman–Crippen LogP) is 8.32. The first-order valence-corrected chi connectivity index (χ1v) is 17.5. The highest BCUT2D eigenvalue weighted by Crippen LogP contribution is 2.61. The van der Waals surface area contributed by atoms with E-state index in [9.17, 15) is 19.5 Å². The van der Waals surface area contributed by atoms with Crippen LogP contribution in [-0.4, -0.2) is 52.5 Å². The lowest BCUT2D eigenvalue weighted by atomic mass is 10.1. The Balaban J connectivity index is 1.50. The number of carbonyl (C=O) groups is 1. The molecule has 0 saturated heterocycles. The molecule has 0 spiro atoms. The van der Waals surface area contributed by atoms with Crippen molar-refractivity contribution in [2.75, 3.05) is 47.0 Å². The van der Waals surface area contributed by atoms with Crippen molar-refractivity contribution in [1.82, 2.24) is 0 Å². The van der Waals surface area contributed by atoms with Crippen LogP contribution in [0.3, 0.4) is 0 Å². The topological polar surface area (TPSA) is 154 Å². The number of nitrogens with zero attached hydrogens (tertiary/aromatic N) is 1. The number of esters is 1. The van der Waals surface area contributed by atoms with Gasteiger partial charge in [0.05, 0.1) is 53.0 Å². The third kappa shape index (κ3) is 9.88. The highest BCUT2D eigenvalue weighted by Gasteiger charge is 2.37. The van der Waals surface area contributed by atoms with Crippen molar-refractivity contribution in [3.63, 3.8) is 0 Å². The second kappa shape index (κ2) is 18.0. The molecule has 0 heterocycles. The average Bonchev–Trinajstić information content (AvgIpc) is 3.13. The average molecular weight is 721 g/mol. The Bertz CT molecular complexity index is 1860. The summed E-state index contributed by atoms with van der Waals surface area (Å²) in [5.74, 6) is 0.580. The van der Waals surface area contributed by atoms with E-state index in [0.717, 1.165) is 11.1 Å². The molecule has 14 heteroatoms. The summed E-state index contributed by atoms with van der Waals surface area (Å²) < 4.78 is 52.5. The number of nitro groups is 1. The summed E-state index contributed by atoms with van der Waals surface area (Å²) in [5, 5.41) is 14.6. The fourth-order valence-corrected chi connectivity index (χ4v) is 7.09. The van der Waals surface area contributed by atoms with Crippen LogP contribution in [0.1, 0.15) is 41.9 Å². The zero-order chi connectivity index (χ0) is 37.0. The van der Waals surface area contributed by atoms with Crippen LogP contribution in [-0.2, 0) is 24.8 Å². The van der Waals surface area contributed by atoms with Crippen molar-refractivity contribution < 1.29 is 47.0 Å². The van der Waals surface area contributed by atoms with Gasteiger partial charge in [-0.1, -0.05) is 42.5 Å². The first-order chi connectivity index (χ1) is 24.6. The van der Waals surface area contributed by atoms with E-state index in [1.54, 1.807) is 70.5 Å². The van der Waals surface area contributed by atoms with E-state index >= 15 is 0 Å². The smallest absolute Gasteiger partial charge is 0.357 e. The maximum absolute atomic E-state index is 13.9. The largest absolute Gasteiger partial charge is 0.493 e. The van der Waals surface area contributed by atoms with Crippen LogP contribution in [0.15, 0.2) is 78.9 Å². The van der Waals surface area contributed by atoms with Crippen LogP contribution in [0.25, 0.3) is 12.2 Å². The number of carbonyl (C=O) groups excluding carboxylic acids is 1. The standard InChI is InChI=1S/C37H41N2O11P/c1-7-48-51(43,49-8-2)37(28-10-9-11-30(24-28)39(41)42)38-29-17-14-26(15-18-29)23-35(40)50-32-20-25(16-19-31(32)44-3)12-13-27-21-33(45-4)36(47-6)34(22-27)46-5/h9-22,24,37-38H,7-8,23H2,1-6H3/b13-12-. The number of ether oxygens (including phenoxy) is 5. The predicted molar refractivity (Wildman–Crippen MR) is 194 cm³/mol. The van der Waals surface area contributed by atoms with Gasteiger partial charge in [-0.2, -0.15) is 0 Å². The lowest BCUT2D eigenvalue weighted by molar-refractivity contribution is -0.384. The Morgan fingerprint density at radius 1 is 0.784 bits per heavy atom. The van der Waals surface area contributed by atoms with Crippen LogP contribution in [0.4, 0.5) is 11.4 Å². The summed E-state index contributed by atoms with van der Waals surface area (Å²) >= 11 is 0. The third-order valence-electron chi connectivity index (χ3n) is 7.50. The lowest BCUT2D eigenvalue weighted by Gasteiger charge is -2.28. The van der Waals surface area contributed by atoms with Gasteiger partial charge >= 0.3 is 13.6 Å². The molecule has 0 aliphatic rings. The summed E-state index contributed by atoms with van der Waals surface area (Å²) in [6.45, 7) is 3.57. The molecule has 1 atom stereocenters. The van der Waals surface area contributed by atoms with E-state index in [0.29, 0.717) is 39.8 Å². The van der Waals surface area contributed by atoms with Gasteiger partial charge in [0.15, 0.2) is 28.8 Å². The molecule has 0 aliphatic heterocycles. The van der Waals surface area contributed by atoms with Crippen molar-refractivity contribution >= 4 is 37.1 Å². The fourth-order valence-electron chi connectivity index (χ4n) is 5.17. The lowest BCUT2D eigenvalue weighted by Crippen LogP contribution is -2.16. The van der Waals surface area contributed by atoms with Crippen molar-refractivity contribution in [2.24, 2.45) is 0 Å². The van der Waals surface area contributed by atoms with Gasteiger partial charge in [0, 0.05) is 17.8 Å². The summed E-state index contributed by atoms with van der Waals surface area (Å²) in [6, 6.07) is 21.5. The quantitative estimate of drug-likeness (QED) is 0.0262. The molecule has 4 aromatic rings. The van der Waals surface area contributed by atoms with Gasteiger partial charge in [-0.25, -0.2) is 0 Å². The molecule has 4 rings (SSSR count). The summed E-state index contributed by atoms with van der Waals surface area (Å²) in [4.78, 5) is 24.0. The number of benzene rings is 4. The van der Waals surface area contributed by atoms with Crippen LogP contribution in [0.5, 0.6) is 28.7 Å². The van der Waals surface area contributed by atoms with Crippen molar-refractivity contribution in [3.05, 3.63) is 111 Å². The maximum atomic E-state index is 13.9. The Morgan fingerprint density at radius 3 is 1.96 bits per heavy atom. The number of non-ortho nitro benzene ring substituents is 1. The van der Waals surface area contributed by atoms with E-state index in [1.807, 2.05) is 30.4 Å². The fraction of sp³-hybridized carbons (Fsp3) is 0.270. The second-order valence-electron chi connectivity index (χ2n) is 10.8. The number of rotatable bonds is 18. The minimum Gasteiger partial charge on any atom is -0.493 e. The molecule has 4 aromatic carbocycles. The molecule has 0 radical (unpaired) electrons. The van der Waals surface area contributed by atoms with E-state index in [-0.39, 0.29) is 31.1 Å². The van der Waals surface area contributed by atoms with Crippen molar-refractivity contribution in [1.29, 1.82) is 0 Å². The number of hydrogen-bond donors (Lipinski definition) is 1. The van der Waals surface area contributed by atoms with Crippen LogP contribution < -0.4 is 29.0 Å². The van der Waals surface area contributed by atoms with Gasteiger partial charge in [-0.05, 0) is 72.5 Å².